The standard InChI is InChI=1S/C22H27N3O4/c1-3-27-22(26)19(23-2)14-16-8-10-17(11-9-16)28-13-12-24-15-21-25-18-6-4-5-7-20(18)29-21/h4-11,19,23-24H,3,12-15H2,1-2H3. The summed E-state index contributed by atoms with van der Waals surface area (Å²) < 4.78 is 16.5. The zero-order chi connectivity index (χ0) is 20.5. The zero-order valence-electron chi connectivity index (χ0n) is 16.8. The maximum Gasteiger partial charge on any atom is 0.323 e. The summed E-state index contributed by atoms with van der Waals surface area (Å²) in [5, 5.41) is 6.25. The predicted molar refractivity (Wildman–Crippen MR) is 111 cm³/mol. The quantitative estimate of drug-likeness (QED) is 0.380. The third-order valence-electron chi connectivity index (χ3n) is 4.44. The summed E-state index contributed by atoms with van der Waals surface area (Å²) in [6, 6.07) is 15.1. The highest BCUT2D eigenvalue weighted by atomic mass is 16.5. The topological polar surface area (TPSA) is 85.6 Å². The van der Waals surface area contributed by atoms with Gasteiger partial charge in [0.15, 0.2) is 5.58 Å². The Bertz CT molecular complexity index is 875. The minimum absolute atomic E-state index is 0.236. The van der Waals surface area contributed by atoms with Crippen molar-refractivity contribution in [3.63, 3.8) is 0 Å². The van der Waals surface area contributed by atoms with Gasteiger partial charge in [-0.15, -0.1) is 0 Å². The molecule has 2 N–H and O–H groups in total. The monoisotopic (exact) mass is 397 g/mol. The van der Waals surface area contributed by atoms with E-state index in [0.717, 1.165) is 22.4 Å². The molecule has 1 unspecified atom stereocenters. The van der Waals surface area contributed by atoms with E-state index in [4.69, 9.17) is 13.9 Å². The van der Waals surface area contributed by atoms with Gasteiger partial charge >= 0.3 is 5.97 Å². The van der Waals surface area contributed by atoms with Crippen LogP contribution < -0.4 is 15.4 Å². The van der Waals surface area contributed by atoms with Crippen molar-refractivity contribution < 1.29 is 18.7 Å². The number of nitrogens with one attached hydrogen (secondary N) is 2. The molecule has 0 saturated heterocycles. The summed E-state index contributed by atoms with van der Waals surface area (Å²) in [7, 11) is 1.76. The molecule has 154 valence electrons. The average Bonchev–Trinajstić information content (AvgIpc) is 3.15. The van der Waals surface area contributed by atoms with Gasteiger partial charge in [-0.1, -0.05) is 24.3 Å². The minimum Gasteiger partial charge on any atom is -0.492 e. The summed E-state index contributed by atoms with van der Waals surface area (Å²) in [5.74, 6) is 1.21. The Labute approximate surface area is 170 Å². The number of nitrogens with zero attached hydrogens (tertiary/aromatic N) is 1. The molecule has 0 amide bonds. The molecule has 7 heteroatoms. The Morgan fingerprint density at radius 3 is 2.69 bits per heavy atom. The van der Waals surface area contributed by atoms with Gasteiger partial charge in [0.1, 0.15) is 23.9 Å². The van der Waals surface area contributed by atoms with Crippen molar-refractivity contribution in [1.29, 1.82) is 0 Å². The lowest BCUT2D eigenvalue weighted by Crippen LogP contribution is -2.37. The summed E-state index contributed by atoms with van der Waals surface area (Å²) in [5.41, 5.74) is 2.70. The Morgan fingerprint density at radius 1 is 1.17 bits per heavy atom. The van der Waals surface area contributed by atoms with E-state index in [1.807, 2.05) is 48.5 Å². The lowest BCUT2D eigenvalue weighted by Gasteiger charge is -2.15. The van der Waals surface area contributed by atoms with Crippen LogP contribution in [0.4, 0.5) is 0 Å². The number of esters is 1. The first-order valence-electron chi connectivity index (χ1n) is 9.80. The fourth-order valence-corrected chi connectivity index (χ4v) is 2.94. The number of hydrogen-bond donors (Lipinski definition) is 2. The number of hydrogen-bond acceptors (Lipinski definition) is 7. The van der Waals surface area contributed by atoms with Crippen molar-refractivity contribution in [3.05, 3.63) is 60.0 Å². The zero-order valence-corrected chi connectivity index (χ0v) is 16.8. The maximum absolute atomic E-state index is 11.9. The van der Waals surface area contributed by atoms with Crippen LogP contribution >= 0.6 is 0 Å². The van der Waals surface area contributed by atoms with Gasteiger partial charge in [-0.05, 0) is 50.2 Å². The van der Waals surface area contributed by atoms with Gasteiger partial charge in [-0.2, -0.15) is 0 Å². The first-order chi connectivity index (χ1) is 14.2. The average molecular weight is 397 g/mol. The number of fused-ring (bicyclic) bond motifs is 1. The first kappa shape index (κ1) is 20.8. The summed E-state index contributed by atoms with van der Waals surface area (Å²) in [6.07, 6.45) is 0.571. The number of rotatable bonds is 11. The largest absolute Gasteiger partial charge is 0.492 e. The molecule has 3 rings (SSSR count). The normalized spacial score (nSPS) is 12.1. The lowest BCUT2D eigenvalue weighted by atomic mass is 10.1. The van der Waals surface area contributed by atoms with Crippen molar-refractivity contribution in [3.8, 4) is 5.75 Å². The van der Waals surface area contributed by atoms with Crippen LogP contribution in [0.3, 0.4) is 0 Å². The molecule has 0 spiro atoms. The van der Waals surface area contributed by atoms with Crippen molar-refractivity contribution in [2.75, 3.05) is 26.8 Å². The van der Waals surface area contributed by atoms with Gasteiger partial charge in [0.05, 0.1) is 13.2 Å². The van der Waals surface area contributed by atoms with Gasteiger partial charge in [-0.3, -0.25) is 4.79 Å². The Balaban J connectivity index is 1.39. The van der Waals surface area contributed by atoms with Crippen LogP contribution in [-0.2, 0) is 22.5 Å². The maximum atomic E-state index is 11.9. The molecule has 0 aliphatic heterocycles. The highest BCUT2D eigenvalue weighted by Crippen LogP contribution is 2.15. The fourth-order valence-electron chi connectivity index (χ4n) is 2.94. The molecule has 0 aliphatic carbocycles. The van der Waals surface area contributed by atoms with E-state index in [0.29, 0.717) is 38.6 Å². The molecule has 1 aromatic heterocycles. The summed E-state index contributed by atoms with van der Waals surface area (Å²) in [4.78, 5) is 16.3. The Hall–Kier alpha value is -2.90. The molecule has 0 fully saturated rings. The number of likely N-dealkylation sites (N-methyl/N-ethyl adjacent to an activating group) is 1. The number of ether oxygens (including phenoxy) is 2. The van der Waals surface area contributed by atoms with Crippen molar-refractivity contribution >= 4 is 17.1 Å². The highest BCUT2D eigenvalue weighted by molar-refractivity contribution is 5.76. The molecule has 1 heterocycles. The van der Waals surface area contributed by atoms with Gasteiger partial charge in [0, 0.05) is 6.54 Å². The Morgan fingerprint density at radius 2 is 1.97 bits per heavy atom. The highest BCUT2D eigenvalue weighted by Gasteiger charge is 2.17. The molecule has 29 heavy (non-hydrogen) atoms. The van der Waals surface area contributed by atoms with Gasteiger partial charge < -0.3 is 24.5 Å². The molecular formula is C22H27N3O4. The molecule has 1 atom stereocenters. The van der Waals surface area contributed by atoms with Gasteiger partial charge in [0.2, 0.25) is 5.89 Å². The van der Waals surface area contributed by atoms with Crippen LogP contribution in [0.2, 0.25) is 0 Å². The van der Waals surface area contributed by atoms with Crippen LogP contribution in [0.15, 0.2) is 52.9 Å². The smallest absolute Gasteiger partial charge is 0.323 e. The molecular weight excluding hydrogens is 370 g/mol. The van der Waals surface area contributed by atoms with E-state index >= 15 is 0 Å². The number of aromatic nitrogens is 1. The second kappa shape index (κ2) is 10.6. The third-order valence-corrected chi connectivity index (χ3v) is 4.44. The SMILES string of the molecule is CCOC(=O)C(Cc1ccc(OCCNCc2nc3ccccc3o2)cc1)NC. The third kappa shape index (κ3) is 6.04. The second-order valence-electron chi connectivity index (χ2n) is 6.54. The van der Waals surface area contributed by atoms with E-state index < -0.39 is 0 Å². The molecule has 0 aliphatic rings. The number of benzene rings is 2. The lowest BCUT2D eigenvalue weighted by molar-refractivity contribution is -0.145. The van der Waals surface area contributed by atoms with Crippen molar-refractivity contribution in [2.45, 2.75) is 25.9 Å². The van der Waals surface area contributed by atoms with E-state index in [-0.39, 0.29) is 12.0 Å². The van der Waals surface area contributed by atoms with Crippen LogP contribution in [0.5, 0.6) is 5.75 Å². The van der Waals surface area contributed by atoms with E-state index in [2.05, 4.69) is 15.6 Å². The number of oxazole rings is 1. The fraction of sp³-hybridized carbons (Fsp3) is 0.364. The van der Waals surface area contributed by atoms with Crippen LogP contribution in [0.1, 0.15) is 18.4 Å². The number of carbonyl (C=O) groups is 1. The van der Waals surface area contributed by atoms with Crippen molar-refractivity contribution in [2.24, 2.45) is 0 Å². The molecule has 0 radical (unpaired) electrons. The predicted octanol–water partition coefficient (Wildman–Crippen LogP) is 2.69. The summed E-state index contributed by atoms with van der Waals surface area (Å²) in [6.45, 7) is 3.94. The minimum atomic E-state index is -0.349. The van der Waals surface area contributed by atoms with E-state index in [9.17, 15) is 4.79 Å². The van der Waals surface area contributed by atoms with Crippen molar-refractivity contribution in [1.82, 2.24) is 15.6 Å². The number of carbonyl (C=O) groups excluding carboxylic acids is 1. The van der Waals surface area contributed by atoms with Gasteiger partial charge in [0.25, 0.3) is 0 Å². The molecule has 3 aromatic rings. The second-order valence-corrected chi connectivity index (χ2v) is 6.54. The van der Waals surface area contributed by atoms with E-state index in [1.54, 1.807) is 14.0 Å². The Kier molecular flexibility index (Phi) is 7.61. The molecule has 2 aromatic carbocycles. The van der Waals surface area contributed by atoms with Crippen LogP contribution in [0, 0.1) is 0 Å². The number of para-hydroxylation sites is 2. The molecule has 0 saturated carbocycles. The van der Waals surface area contributed by atoms with Crippen LogP contribution in [0.25, 0.3) is 11.1 Å². The van der Waals surface area contributed by atoms with E-state index in [1.165, 1.54) is 0 Å². The molecule has 0 bridgehead atoms. The first-order valence-corrected chi connectivity index (χ1v) is 9.80. The van der Waals surface area contributed by atoms with Crippen LogP contribution in [-0.4, -0.2) is 43.8 Å². The molecule has 7 nitrogen and oxygen atoms in total. The van der Waals surface area contributed by atoms with Gasteiger partial charge in [-0.25, -0.2) is 4.98 Å². The summed E-state index contributed by atoms with van der Waals surface area (Å²) >= 11 is 0.